The van der Waals surface area contributed by atoms with Crippen molar-refractivity contribution in [2.75, 3.05) is 6.61 Å². The molecule has 0 unspecified atom stereocenters. The molecule has 0 amide bonds. The Kier molecular flexibility index (Phi) is 4.71. The molecule has 0 aliphatic carbocycles. The average molecular weight is 400 g/mol. The van der Waals surface area contributed by atoms with Gasteiger partial charge in [-0.05, 0) is 48.5 Å². The van der Waals surface area contributed by atoms with Gasteiger partial charge in [-0.3, -0.25) is 0 Å². The molecular formula is C17H13BrF3NO2. The molecule has 0 N–H and O–H groups in total. The van der Waals surface area contributed by atoms with Gasteiger partial charge in [0.05, 0.1) is 6.54 Å². The molecule has 0 saturated carbocycles. The Labute approximate surface area is 144 Å². The van der Waals surface area contributed by atoms with Crippen LogP contribution in [-0.2, 0) is 6.54 Å². The molecule has 0 aliphatic rings. The van der Waals surface area contributed by atoms with E-state index in [0.717, 1.165) is 15.4 Å². The topological polar surface area (TPSA) is 23.4 Å². The molecule has 2 aromatic carbocycles. The SMILES string of the molecule is FC(F)(F)Oc1ccc(OCCn2ccc3cc(Br)ccc32)cc1. The van der Waals surface area contributed by atoms with Crippen LogP contribution in [0.4, 0.5) is 13.2 Å². The van der Waals surface area contributed by atoms with E-state index in [2.05, 4.69) is 25.2 Å². The number of benzene rings is 2. The summed E-state index contributed by atoms with van der Waals surface area (Å²) in [5.41, 5.74) is 1.09. The number of halogens is 4. The Morgan fingerprint density at radius 3 is 2.38 bits per heavy atom. The van der Waals surface area contributed by atoms with Crippen LogP contribution in [0.3, 0.4) is 0 Å². The molecule has 1 aromatic heterocycles. The van der Waals surface area contributed by atoms with E-state index >= 15 is 0 Å². The summed E-state index contributed by atoms with van der Waals surface area (Å²) in [6.45, 7) is 1.03. The normalized spacial score (nSPS) is 11.7. The van der Waals surface area contributed by atoms with Crippen LogP contribution < -0.4 is 9.47 Å². The number of fused-ring (bicyclic) bond motifs is 1. The van der Waals surface area contributed by atoms with Gasteiger partial charge < -0.3 is 14.0 Å². The highest BCUT2D eigenvalue weighted by molar-refractivity contribution is 9.10. The second-order valence-electron chi connectivity index (χ2n) is 5.08. The maximum absolute atomic E-state index is 12.1. The third kappa shape index (κ3) is 4.23. The van der Waals surface area contributed by atoms with Gasteiger partial charge in [0.1, 0.15) is 18.1 Å². The van der Waals surface area contributed by atoms with Crippen LogP contribution in [0.5, 0.6) is 11.5 Å². The molecule has 0 atom stereocenters. The Morgan fingerprint density at radius 1 is 0.958 bits per heavy atom. The summed E-state index contributed by atoms with van der Waals surface area (Å²) < 4.78 is 48.7. The number of alkyl halides is 3. The van der Waals surface area contributed by atoms with Crippen molar-refractivity contribution in [3.05, 3.63) is 59.2 Å². The molecule has 0 radical (unpaired) electrons. The number of aromatic nitrogens is 1. The molecule has 1 heterocycles. The van der Waals surface area contributed by atoms with Gasteiger partial charge in [-0.15, -0.1) is 13.2 Å². The second-order valence-corrected chi connectivity index (χ2v) is 6.00. The molecule has 0 saturated heterocycles. The maximum atomic E-state index is 12.1. The minimum absolute atomic E-state index is 0.267. The Morgan fingerprint density at radius 2 is 1.67 bits per heavy atom. The Balaban J connectivity index is 1.58. The number of rotatable bonds is 5. The molecule has 0 aliphatic heterocycles. The van der Waals surface area contributed by atoms with Crippen molar-refractivity contribution in [2.45, 2.75) is 12.9 Å². The van der Waals surface area contributed by atoms with E-state index in [-0.39, 0.29) is 5.75 Å². The summed E-state index contributed by atoms with van der Waals surface area (Å²) in [7, 11) is 0. The largest absolute Gasteiger partial charge is 0.573 e. The van der Waals surface area contributed by atoms with E-state index in [9.17, 15) is 13.2 Å². The highest BCUT2D eigenvalue weighted by atomic mass is 79.9. The fraction of sp³-hybridized carbons (Fsp3) is 0.176. The van der Waals surface area contributed by atoms with Crippen molar-refractivity contribution in [3.8, 4) is 11.5 Å². The van der Waals surface area contributed by atoms with Gasteiger partial charge in [0.2, 0.25) is 0 Å². The predicted octanol–water partition coefficient (Wildman–Crippen LogP) is 5.38. The monoisotopic (exact) mass is 399 g/mol. The first-order chi connectivity index (χ1) is 11.4. The highest BCUT2D eigenvalue weighted by Gasteiger charge is 2.30. The summed E-state index contributed by atoms with van der Waals surface area (Å²) in [6.07, 6.45) is -2.71. The lowest BCUT2D eigenvalue weighted by Gasteiger charge is -2.11. The first-order valence-corrected chi connectivity index (χ1v) is 7.93. The van der Waals surface area contributed by atoms with E-state index in [1.165, 1.54) is 24.3 Å². The molecule has 0 spiro atoms. The molecule has 126 valence electrons. The van der Waals surface area contributed by atoms with Crippen molar-refractivity contribution in [3.63, 3.8) is 0 Å². The van der Waals surface area contributed by atoms with Crippen LogP contribution in [0, 0.1) is 0 Å². The lowest BCUT2D eigenvalue weighted by Crippen LogP contribution is -2.17. The maximum Gasteiger partial charge on any atom is 0.573 e. The highest BCUT2D eigenvalue weighted by Crippen LogP contribution is 2.25. The van der Waals surface area contributed by atoms with E-state index in [1.54, 1.807) is 0 Å². The molecule has 0 bridgehead atoms. The summed E-state index contributed by atoms with van der Waals surface area (Å²) in [5, 5.41) is 1.12. The van der Waals surface area contributed by atoms with Crippen LogP contribution >= 0.6 is 15.9 Å². The third-order valence-electron chi connectivity index (χ3n) is 3.39. The summed E-state index contributed by atoms with van der Waals surface area (Å²) >= 11 is 3.43. The first kappa shape index (κ1) is 16.7. The fourth-order valence-electron chi connectivity index (χ4n) is 2.37. The molecule has 24 heavy (non-hydrogen) atoms. The zero-order chi connectivity index (χ0) is 17.2. The van der Waals surface area contributed by atoms with Gasteiger partial charge in [-0.2, -0.15) is 0 Å². The minimum atomic E-state index is -4.69. The van der Waals surface area contributed by atoms with Crippen LogP contribution in [-0.4, -0.2) is 17.5 Å². The van der Waals surface area contributed by atoms with Crippen molar-refractivity contribution >= 4 is 26.8 Å². The van der Waals surface area contributed by atoms with Gasteiger partial charge >= 0.3 is 6.36 Å². The molecule has 0 fully saturated rings. The first-order valence-electron chi connectivity index (χ1n) is 7.14. The number of hydrogen-bond acceptors (Lipinski definition) is 2. The standard InChI is InChI=1S/C17H13BrF3NO2/c18-13-1-6-16-12(11-13)7-8-22(16)9-10-23-14-2-4-15(5-3-14)24-17(19,20)21/h1-8,11H,9-10H2. The molecule has 3 nitrogen and oxygen atoms in total. The van der Waals surface area contributed by atoms with Crippen molar-refractivity contribution in [1.82, 2.24) is 4.57 Å². The zero-order valence-electron chi connectivity index (χ0n) is 12.4. The Bertz CT molecular complexity index is 828. The van der Waals surface area contributed by atoms with Gasteiger partial charge in [0.25, 0.3) is 0 Å². The molecular weight excluding hydrogens is 387 g/mol. The van der Waals surface area contributed by atoms with Gasteiger partial charge in [-0.1, -0.05) is 15.9 Å². The van der Waals surface area contributed by atoms with Gasteiger partial charge in [0, 0.05) is 21.6 Å². The summed E-state index contributed by atoms with van der Waals surface area (Å²) in [6, 6.07) is 13.4. The molecule has 7 heteroatoms. The van der Waals surface area contributed by atoms with E-state index < -0.39 is 6.36 Å². The molecule has 3 rings (SSSR count). The van der Waals surface area contributed by atoms with Crippen molar-refractivity contribution < 1.29 is 22.6 Å². The number of hydrogen-bond donors (Lipinski definition) is 0. The Hall–Kier alpha value is -2.15. The smallest absolute Gasteiger partial charge is 0.492 e. The number of ether oxygens (including phenoxy) is 2. The molecule has 3 aromatic rings. The van der Waals surface area contributed by atoms with Gasteiger partial charge in [0.15, 0.2) is 0 Å². The average Bonchev–Trinajstić information content (AvgIpc) is 2.90. The summed E-state index contributed by atoms with van der Waals surface area (Å²) in [4.78, 5) is 0. The third-order valence-corrected chi connectivity index (χ3v) is 3.88. The lowest BCUT2D eigenvalue weighted by molar-refractivity contribution is -0.274. The van der Waals surface area contributed by atoms with Gasteiger partial charge in [-0.25, -0.2) is 0 Å². The van der Waals surface area contributed by atoms with Crippen molar-refractivity contribution in [1.29, 1.82) is 0 Å². The lowest BCUT2D eigenvalue weighted by atomic mass is 10.2. The predicted molar refractivity (Wildman–Crippen MR) is 88.3 cm³/mol. The minimum Gasteiger partial charge on any atom is -0.492 e. The quantitative estimate of drug-likeness (QED) is 0.574. The van der Waals surface area contributed by atoms with Crippen LogP contribution in [0.2, 0.25) is 0 Å². The van der Waals surface area contributed by atoms with Crippen LogP contribution in [0.25, 0.3) is 10.9 Å². The van der Waals surface area contributed by atoms with E-state index in [1.807, 2.05) is 30.5 Å². The summed E-state index contributed by atoms with van der Waals surface area (Å²) in [5.74, 6) is 0.223. The van der Waals surface area contributed by atoms with Crippen molar-refractivity contribution in [2.24, 2.45) is 0 Å². The second kappa shape index (κ2) is 6.76. The fourth-order valence-corrected chi connectivity index (χ4v) is 2.74. The van der Waals surface area contributed by atoms with E-state index in [0.29, 0.717) is 18.9 Å². The van der Waals surface area contributed by atoms with Crippen LogP contribution in [0.1, 0.15) is 0 Å². The zero-order valence-corrected chi connectivity index (χ0v) is 14.0. The number of nitrogens with zero attached hydrogens (tertiary/aromatic N) is 1. The van der Waals surface area contributed by atoms with E-state index in [4.69, 9.17) is 4.74 Å². The van der Waals surface area contributed by atoms with Crippen LogP contribution in [0.15, 0.2) is 59.2 Å².